The second kappa shape index (κ2) is 4.45. The molecule has 19 heavy (non-hydrogen) atoms. The van der Waals surface area contributed by atoms with E-state index in [0.717, 1.165) is 37.9 Å². The minimum Gasteiger partial charge on any atom is -0.297 e. The Labute approximate surface area is 117 Å². The second-order valence-electron chi connectivity index (χ2n) is 5.69. The van der Waals surface area contributed by atoms with Crippen molar-refractivity contribution < 1.29 is 8.42 Å². The molecule has 1 heterocycles. The lowest BCUT2D eigenvalue weighted by atomic mass is 9.82. The van der Waals surface area contributed by atoms with Crippen LogP contribution in [0.2, 0.25) is 0 Å². The van der Waals surface area contributed by atoms with Gasteiger partial charge in [0.2, 0.25) is 0 Å². The molecule has 106 valence electrons. The molecule has 5 nitrogen and oxygen atoms in total. The van der Waals surface area contributed by atoms with Crippen LogP contribution in [0.1, 0.15) is 63.7 Å². The summed E-state index contributed by atoms with van der Waals surface area (Å²) < 4.78 is 25.1. The third kappa shape index (κ3) is 2.18. The molecule has 2 fully saturated rings. The summed E-state index contributed by atoms with van der Waals surface area (Å²) in [4.78, 5) is 0. The average Bonchev–Trinajstić information content (AvgIpc) is 2.92. The minimum atomic E-state index is -3.82. The Bertz CT molecular complexity index is 586. The maximum absolute atomic E-state index is 11.6. The maximum Gasteiger partial charge on any atom is 0.296 e. The van der Waals surface area contributed by atoms with Crippen molar-refractivity contribution >= 4 is 19.7 Å². The van der Waals surface area contributed by atoms with E-state index in [1.54, 1.807) is 4.57 Å². The summed E-state index contributed by atoms with van der Waals surface area (Å²) >= 11 is 0. The molecule has 3 rings (SSSR count). The van der Waals surface area contributed by atoms with E-state index in [0.29, 0.717) is 0 Å². The van der Waals surface area contributed by atoms with Crippen LogP contribution in [0.4, 0.5) is 0 Å². The molecule has 0 bridgehead atoms. The third-order valence-corrected chi connectivity index (χ3v) is 5.63. The summed E-state index contributed by atoms with van der Waals surface area (Å²) in [7, 11) is 1.67. The maximum atomic E-state index is 11.6. The highest BCUT2D eigenvalue weighted by atomic mass is 35.7. The van der Waals surface area contributed by atoms with Crippen LogP contribution in [0.3, 0.4) is 0 Å². The smallest absolute Gasteiger partial charge is 0.296 e. The van der Waals surface area contributed by atoms with Gasteiger partial charge in [-0.15, -0.1) is 10.2 Å². The highest BCUT2D eigenvalue weighted by Gasteiger charge is 2.43. The first kappa shape index (κ1) is 13.4. The van der Waals surface area contributed by atoms with Gasteiger partial charge in [-0.05, 0) is 32.1 Å². The van der Waals surface area contributed by atoms with Gasteiger partial charge in [0.25, 0.3) is 14.2 Å². The number of hydrogen-bond donors (Lipinski definition) is 0. The second-order valence-corrected chi connectivity index (χ2v) is 8.15. The molecular formula is C12H18ClN3O2S. The van der Waals surface area contributed by atoms with Crippen molar-refractivity contribution in [3.8, 4) is 0 Å². The van der Waals surface area contributed by atoms with Gasteiger partial charge in [-0.3, -0.25) is 4.57 Å². The molecule has 0 spiro atoms. The van der Waals surface area contributed by atoms with Crippen molar-refractivity contribution in [3.05, 3.63) is 5.82 Å². The summed E-state index contributed by atoms with van der Waals surface area (Å²) in [5.41, 5.74) is -0.00454. The molecule has 0 aromatic carbocycles. The zero-order valence-electron chi connectivity index (χ0n) is 11.0. The Balaban J connectivity index is 2.14. The molecule has 0 saturated heterocycles. The zero-order chi connectivity index (χ0) is 13.7. The van der Waals surface area contributed by atoms with Crippen LogP contribution >= 0.6 is 10.7 Å². The number of aromatic nitrogens is 3. The fraction of sp³-hybridized carbons (Fsp3) is 0.833. The molecule has 2 saturated carbocycles. The van der Waals surface area contributed by atoms with E-state index in [9.17, 15) is 8.42 Å². The molecule has 0 amide bonds. The first-order chi connectivity index (χ1) is 8.98. The Morgan fingerprint density at radius 1 is 1.32 bits per heavy atom. The van der Waals surface area contributed by atoms with Crippen molar-refractivity contribution in [3.63, 3.8) is 0 Å². The number of rotatable bonds is 4. The fourth-order valence-corrected chi connectivity index (χ4v) is 4.18. The van der Waals surface area contributed by atoms with E-state index in [4.69, 9.17) is 10.7 Å². The fourth-order valence-electron chi connectivity index (χ4n) is 3.25. The van der Waals surface area contributed by atoms with E-state index in [-0.39, 0.29) is 16.6 Å². The summed E-state index contributed by atoms with van der Waals surface area (Å²) in [6, 6.07) is 0.220. The average molecular weight is 304 g/mol. The summed E-state index contributed by atoms with van der Waals surface area (Å²) in [5.74, 6) is 0.842. The van der Waals surface area contributed by atoms with Crippen LogP contribution in [-0.4, -0.2) is 23.2 Å². The van der Waals surface area contributed by atoms with Crippen molar-refractivity contribution in [1.29, 1.82) is 0 Å². The van der Waals surface area contributed by atoms with E-state index in [2.05, 4.69) is 17.1 Å². The lowest BCUT2D eigenvalue weighted by molar-refractivity contribution is 0.373. The Morgan fingerprint density at radius 3 is 2.42 bits per heavy atom. The largest absolute Gasteiger partial charge is 0.297 e. The molecule has 2 aliphatic carbocycles. The van der Waals surface area contributed by atoms with Crippen molar-refractivity contribution in [2.45, 2.75) is 68.5 Å². The van der Waals surface area contributed by atoms with E-state index in [1.807, 2.05) is 0 Å². The number of hydrogen-bond acceptors (Lipinski definition) is 4. The minimum absolute atomic E-state index is 0.00454. The van der Waals surface area contributed by atoms with Crippen molar-refractivity contribution in [2.75, 3.05) is 0 Å². The third-order valence-electron chi connectivity index (χ3n) is 4.51. The molecule has 1 aromatic heterocycles. The van der Waals surface area contributed by atoms with Gasteiger partial charge in [0, 0.05) is 22.1 Å². The Kier molecular flexibility index (Phi) is 3.13. The standard InChI is InChI=1S/C12H18ClN3O2S/c1-2-12(7-3-4-8-12)10-14-15-11(19(13,17)18)16(10)9-5-6-9/h9H,2-8H2,1H3. The molecule has 7 heteroatoms. The molecule has 1 aromatic rings. The van der Waals surface area contributed by atoms with Gasteiger partial charge in [-0.1, -0.05) is 19.8 Å². The number of halogens is 1. The van der Waals surface area contributed by atoms with Gasteiger partial charge in [-0.2, -0.15) is 0 Å². The van der Waals surface area contributed by atoms with Crippen molar-refractivity contribution in [2.24, 2.45) is 0 Å². The van der Waals surface area contributed by atoms with Gasteiger partial charge in [0.15, 0.2) is 0 Å². The van der Waals surface area contributed by atoms with Crippen molar-refractivity contribution in [1.82, 2.24) is 14.8 Å². The Hall–Kier alpha value is -0.620. The molecule has 0 N–H and O–H groups in total. The summed E-state index contributed by atoms with van der Waals surface area (Å²) in [5, 5.41) is 8.03. The normalized spacial score (nSPS) is 22.8. The van der Waals surface area contributed by atoms with Crippen LogP contribution in [0.15, 0.2) is 5.16 Å². The van der Waals surface area contributed by atoms with E-state index in [1.165, 1.54) is 12.8 Å². The van der Waals surface area contributed by atoms with Gasteiger partial charge in [0.05, 0.1) is 0 Å². The summed E-state index contributed by atoms with van der Waals surface area (Å²) in [6.45, 7) is 2.14. The van der Waals surface area contributed by atoms with Gasteiger partial charge in [-0.25, -0.2) is 8.42 Å². The predicted octanol–water partition coefficient (Wildman–Crippen LogP) is 2.76. The first-order valence-corrected chi connectivity index (χ1v) is 9.19. The van der Waals surface area contributed by atoms with Crippen LogP contribution in [0.25, 0.3) is 0 Å². The molecule has 0 unspecified atom stereocenters. The Morgan fingerprint density at radius 2 is 1.95 bits per heavy atom. The lowest BCUT2D eigenvalue weighted by Gasteiger charge is -2.27. The first-order valence-electron chi connectivity index (χ1n) is 6.88. The quantitative estimate of drug-likeness (QED) is 0.802. The number of nitrogens with zero attached hydrogens (tertiary/aromatic N) is 3. The monoisotopic (exact) mass is 303 g/mol. The molecular weight excluding hydrogens is 286 g/mol. The van der Waals surface area contributed by atoms with Gasteiger partial charge < -0.3 is 0 Å². The molecule has 0 radical (unpaired) electrons. The molecule has 0 aliphatic heterocycles. The zero-order valence-corrected chi connectivity index (χ0v) is 12.5. The van der Waals surface area contributed by atoms with E-state index >= 15 is 0 Å². The van der Waals surface area contributed by atoms with Crippen LogP contribution in [0.5, 0.6) is 0 Å². The highest BCUT2D eigenvalue weighted by molar-refractivity contribution is 8.13. The summed E-state index contributed by atoms with van der Waals surface area (Å²) in [6.07, 6.45) is 7.44. The van der Waals surface area contributed by atoms with Crippen LogP contribution in [-0.2, 0) is 14.5 Å². The van der Waals surface area contributed by atoms with Crippen LogP contribution < -0.4 is 0 Å². The van der Waals surface area contributed by atoms with Gasteiger partial charge in [0.1, 0.15) is 5.82 Å². The molecule has 0 atom stereocenters. The highest BCUT2D eigenvalue weighted by Crippen LogP contribution is 2.47. The lowest BCUT2D eigenvalue weighted by Crippen LogP contribution is -2.26. The SMILES string of the molecule is CCC1(c2nnc(S(=O)(=O)Cl)n2C2CC2)CCCC1. The van der Waals surface area contributed by atoms with Crippen LogP contribution in [0, 0.1) is 0 Å². The van der Waals surface area contributed by atoms with E-state index < -0.39 is 9.05 Å². The topological polar surface area (TPSA) is 64.8 Å². The van der Waals surface area contributed by atoms with Gasteiger partial charge >= 0.3 is 0 Å². The molecule has 2 aliphatic rings. The predicted molar refractivity (Wildman–Crippen MR) is 71.8 cm³/mol.